The van der Waals surface area contributed by atoms with Gasteiger partial charge in [-0.25, -0.2) is 4.39 Å². The monoisotopic (exact) mass is 381 g/mol. The Bertz CT molecular complexity index is 910. The van der Waals surface area contributed by atoms with E-state index in [9.17, 15) is 9.18 Å². The lowest BCUT2D eigenvalue weighted by Crippen LogP contribution is -2.54. The number of hydrogen-bond donors (Lipinski definition) is 0. The van der Waals surface area contributed by atoms with Crippen molar-refractivity contribution >= 4 is 5.91 Å². The minimum atomic E-state index is -0.378. The van der Waals surface area contributed by atoms with E-state index < -0.39 is 0 Å². The van der Waals surface area contributed by atoms with Crippen LogP contribution in [0.15, 0.2) is 48.5 Å². The molecule has 4 atom stereocenters. The van der Waals surface area contributed by atoms with Crippen LogP contribution in [0.2, 0.25) is 0 Å². The van der Waals surface area contributed by atoms with Crippen molar-refractivity contribution in [2.45, 2.75) is 50.5 Å². The van der Waals surface area contributed by atoms with Gasteiger partial charge in [0.25, 0.3) is 5.91 Å². The fraction of sp³-hybridized carbons (Fsp3) is 0.435. The molecule has 2 aromatic carbocycles. The number of hydrogen-bond acceptors (Lipinski definition) is 3. The quantitative estimate of drug-likeness (QED) is 0.737. The standard InChI is InChI=1S/C23H24FNO3/c1-23(2)17-13-18-20(27-21(17)16-5-3-4-6-19(16)28-23)11-12-25(18)22(26)14-7-9-15(24)10-8-14/h3-10,17-18,20-21H,11-13H2,1-2H3/t17-,18-,20-,21+/m1/s1. The maximum atomic E-state index is 13.2. The first-order valence-electron chi connectivity index (χ1n) is 9.94. The predicted octanol–water partition coefficient (Wildman–Crippen LogP) is 4.36. The van der Waals surface area contributed by atoms with E-state index >= 15 is 0 Å². The van der Waals surface area contributed by atoms with E-state index in [1.165, 1.54) is 12.1 Å². The molecule has 3 aliphatic rings. The molecule has 5 heteroatoms. The first-order chi connectivity index (χ1) is 13.4. The first-order valence-corrected chi connectivity index (χ1v) is 9.94. The Morgan fingerprint density at radius 1 is 1.14 bits per heavy atom. The van der Waals surface area contributed by atoms with Crippen LogP contribution >= 0.6 is 0 Å². The Hall–Kier alpha value is -2.40. The summed E-state index contributed by atoms with van der Waals surface area (Å²) in [7, 11) is 0. The summed E-state index contributed by atoms with van der Waals surface area (Å²) in [5.74, 6) is 0.665. The number of nitrogens with zero attached hydrogens (tertiary/aromatic N) is 1. The number of halogens is 1. The van der Waals surface area contributed by atoms with Crippen LogP contribution in [0.4, 0.5) is 4.39 Å². The van der Waals surface area contributed by atoms with Gasteiger partial charge in [0.1, 0.15) is 17.2 Å². The summed E-state index contributed by atoms with van der Waals surface area (Å²) < 4.78 is 26.1. The Morgan fingerprint density at radius 2 is 1.89 bits per heavy atom. The Morgan fingerprint density at radius 3 is 2.68 bits per heavy atom. The number of ether oxygens (including phenoxy) is 2. The van der Waals surface area contributed by atoms with Gasteiger partial charge in [-0.15, -0.1) is 0 Å². The molecule has 0 N–H and O–H groups in total. The molecule has 1 amide bonds. The van der Waals surface area contributed by atoms with E-state index in [-0.39, 0.29) is 41.5 Å². The second-order valence-corrected chi connectivity index (χ2v) is 8.54. The van der Waals surface area contributed by atoms with Crippen LogP contribution in [0.5, 0.6) is 5.75 Å². The van der Waals surface area contributed by atoms with Crippen molar-refractivity contribution in [1.29, 1.82) is 0 Å². The summed E-state index contributed by atoms with van der Waals surface area (Å²) in [6.07, 6.45) is 1.67. The van der Waals surface area contributed by atoms with E-state index in [4.69, 9.17) is 9.47 Å². The van der Waals surface area contributed by atoms with Crippen LogP contribution < -0.4 is 4.74 Å². The Labute approximate surface area is 164 Å². The minimum Gasteiger partial charge on any atom is -0.487 e. The SMILES string of the molecule is CC1(C)Oc2ccccc2[C@@H]2O[C@@H]3CCN(C(=O)c4ccc(F)cc4)[C@@H]3C[C@H]21. The zero-order chi connectivity index (χ0) is 19.5. The molecule has 5 rings (SSSR count). The van der Waals surface area contributed by atoms with Gasteiger partial charge in [0, 0.05) is 23.6 Å². The number of amides is 1. The van der Waals surface area contributed by atoms with Gasteiger partial charge < -0.3 is 14.4 Å². The maximum Gasteiger partial charge on any atom is 0.254 e. The summed E-state index contributed by atoms with van der Waals surface area (Å²) in [5.41, 5.74) is 1.25. The van der Waals surface area contributed by atoms with Gasteiger partial charge in [-0.1, -0.05) is 18.2 Å². The highest BCUT2D eigenvalue weighted by atomic mass is 19.1. The highest BCUT2D eigenvalue weighted by Crippen LogP contribution is 2.52. The topological polar surface area (TPSA) is 38.8 Å². The number of para-hydroxylation sites is 1. The molecule has 2 saturated heterocycles. The second kappa shape index (κ2) is 6.31. The van der Waals surface area contributed by atoms with Gasteiger partial charge >= 0.3 is 0 Å². The first kappa shape index (κ1) is 17.7. The van der Waals surface area contributed by atoms with Crippen LogP contribution in [-0.2, 0) is 4.74 Å². The number of rotatable bonds is 1. The smallest absolute Gasteiger partial charge is 0.254 e. The van der Waals surface area contributed by atoms with E-state index in [1.807, 2.05) is 23.1 Å². The molecular weight excluding hydrogens is 357 g/mol. The van der Waals surface area contributed by atoms with Crippen molar-refractivity contribution in [1.82, 2.24) is 4.90 Å². The van der Waals surface area contributed by atoms with Crippen LogP contribution in [0.25, 0.3) is 0 Å². The molecule has 28 heavy (non-hydrogen) atoms. The molecule has 0 spiro atoms. The van der Waals surface area contributed by atoms with Crippen molar-refractivity contribution < 1.29 is 18.7 Å². The number of carbonyl (C=O) groups excluding carboxylic acids is 1. The van der Waals surface area contributed by atoms with E-state index in [2.05, 4.69) is 19.9 Å². The highest BCUT2D eigenvalue weighted by molar-refractivity contribution is 5.94. The second-order valence-electron chi connectivity index (χ2n) is 8.54. The molecule has 0 unspecified atom stereocenters. The van der Waals surface area contributed by atoms with Crippen molar-refractivity contribution in [3.63, 3.8) is 0 Å². The van der Waals surface area contributed by atoms with E-state index in [0.29, 0.717) is 12.1 Å². The maximum absolute atomic E-state index is 13.2. The van der Waals surface area contributed by atoms with Crippen molar-refractivity contribution in [2.75, 3.05) is 6.54 Å². The molecule has 2 aromatic rings. The molecule has 3 aliphatic heterocycles. The third-order valence-electron chi connectivity index (χ3n) is 6.51. The zero-order valence-electron chi connectivity index (χ0n) is 16.1. The predicted molar refractivity (Wildman–Crippen MR) is 103 cm³/mol. The third-order valence-corrected chi connectivity index (χ3v) is 6.51. The lowest BCUT2D eigenvalue weighted by Gasteiger charge is -2.50. The fourth-order valence-corrected chi connectivity index (χ4v) is 5.05. The summed E-state index contributed by atoms with van der Waals surface area (Å²) in [4.78, 5) is 15.0. The van der Waals surface area contributed by atoms with E-state index in [1.54, 1.807) is 12.1 Å². The molecule has 146 valence electrons. The van der Waals surface area contributed by atoms with Gasteiger partial charge in [-0.2, -0.15) is 0 Å². The number of benzene rings is 2. The van der Waals surface area contributed by atoms with Crippen LogP contribution in [0, 0.1) is 11.7 Å². The third kappa shape index (κ3) is 2.72. The van der Waals surface area contributed by atoms with Gasteiger partial charge in [0.2, 0.25) is 0 Å². The number of likely N-dealkylation sites (tertiary alicyclic amines) is 1. The summed E-state index contributed by atoms with van der Waals surface area (Å²) in [5, 5.41) is 0. The Kier molecular flexibility index (Phi) is 3.98. The van der Waals surface area contributed by atoms with Crippen LogP contribution in [-0.4, -0.2) is 35.1 Å². The molecule has 0 saturated carbocycles. The minimum absolute atomic E-state index is 0.0120. The average Bonchev–Trinajstić information content (AvgIpc) is 3.10. The van der Waals surface area contributed by atoms with Crippen molar-refractivity contribution in [3.05, 3.63) is 65.5 Å². The molecule has 0 radical (unpaired) electrons. The largest absolute Gasteiger partial charge is 0.487 e. The van der Waals surface area contributed by atoms with Gasteiger partial charge in [-0.3, -0.25) is 4.79 Å². The molecular formula is C23H24FNO3. The molecule has 0 aromatic heterocycles. The summed E-state index contributed by atoms with van der Waals surface area (Å²) >= 11 is 0. The van der Waals surface area contributed by atoms with E-state index in [0.717, 1.165) is 24.2 Å². The van der Waals surface area contributed by atoms with Crippen LogP contribution in [0.3, 0.4) is 0 Å². The lowest BCUT2D eigenvalue weighted by atomic mass is 9.74. The molecule has 0 aliphatic carbocycles. The van der Waals surface area contributed by atoms with Crippen LogP contribution in [0.1, 0.15) is 48.7 Å². The lowest BCUT2D eigenvalue weighted by molar-refractivity contribution is -0.159. The molecule has 2 fully saturated rings. The van der Waals surface area contributed by atoms with Gasteiger partial charge in [-0.05, 0) is 57.0 Å². The number of carbonyl (C=O) groups is 1. The summed E-state index contributed by atoms with van der Waals surface area (Å²) in [6, 6.07) is 13.9. The molecule has 4 nitrogen and oxygen atoms in total. The molecule has 0 bridgehead atoms. The van der Waals surface area contributed by atoms with Crippen molar-refractivity contribution in [3.8, 4) is 5.75 Å². The highest BCUT2D eigenvalue weighted by Gasteiger charge is 2.53. The van der Waals surface area contributed by atoms with Gasteiger partial charge in [0.05, 0.1) is 18.2 Å². The normalized spacial score (nSPS) is 30.0. The Balaban J connectivity index is 1.44. The average molecular weight is 381 g/mol. The molecule has 3 heterocycles. The summed E-state index contributed by atoms with van der Waals surface area (Å²) in [6.45, 7) is 4.87. The zero-order valence-corrected chi connectivity index (χ0v) is 16.1. The fourth-order valence-electron chi connectivity index (χ4n) is 5.05. The number of fused-ring (bicyclic) bond motifs is 4. The van der Waals surface area contributed by atoms with Crippen molar-refractivity contribution in [2.24, 2.45) is 5.92 Å². The van der Waals surface area contributed by atoms with Gasteiger partial charge in [0.15, 0.2) is 0 Å².